The van der Waals surface area contributed by atoms with E-state index in [4.69, 9.17) is 4.74 Å². The third-order valence-corrected chi connectivity index (χ3v) is 3.06. The van der Waals surface area contributed by atoms with Crippen LogP contribution in [0.5, 0.6) is 0 Å². The Morgan fingerprint density at radius 3 is 2.35 bits per heavy atom. The number of rotatable bonds is 4. The van der Waals surface area contributed by atoms with E-state index in [0.29, 0.717) is 12.0 Å². The van der Waals surface area contributed by atoms with E-state index < -0.39 is 23.0 Å². The summed E-state index contributed by atoms with van der Waals surface area (Å²) in [4.78, 5) is 35.4. The number of esters is 1. The van der Waals surface area contributed by atoms with E-state index in [-0.39, 0.29) is 17.8 Å². The highest BCUT2D eigenvalue weighted by molar-refractivity contribution is 6.17. The van der Waals surface area contributed by atoms with Crippen molar-refractivity contribution in [3.8, 4) is 0 Å². The molecular weight excluding hydrogens is 258 g/mol. The summed E-state index contributed by atoms with van der Waals surface area (Å²) in [5.41, 5.74) is -0.508. The first-order chi connectivity index (χ1) is 8.93. The molecular formula is C15H23NO4. The molecule has 1 aliphatic rings. The Labute approximate surface area is 119 Å². The highest BCUT2D eigenvalue weighted by Gasteiger charge is 2.37. The first-order valence-electron chi connectivity index (χ1n) is 6.68. The van der Waals surface area contributed by atoms with Gasteiger partial charge in [0.05, 0.1) is 0 Å². The Hall–Kier alpha value is -1.65. The Kier molecular flexibility index (Phi) is 4.42. The van der Waals surface area contributed by atoms with Gasteiger partial charge in [0, 0.05) is 18.4 Å². The number of ether oxygens (including phenoxy) is 1. The van der Waals surface area contributed by atoms with Crippen LogP contribution in [0.25, 0.3) is 0 Å². The summed E-state index contributed by atoms with van der Waals surface area (Å²) in [5, 5.41) is 2.73. The molecule has 0 aromatic carbocycles. The van der Waals surface area contributed by atoms with Gasteiger partial charge in [-0.1, -0.05) is 0 Å². The number of carbonyl (C=O) groups excluding carboxylic acids is 3. The maximum Gasteiger partial charge on any atom is 0.344 e. The van der Waals surface area contributed by atoms with E-state index in [1.165, 1.54) is 6.92 Å². The van der Waals surface area contributed by atoms with Gasteiger partial charge in [0.25, 0.3) is 5.91 Å². The molecule has 0 radical (unpaired) electrons. The first-order valence-corrected chi connectivity index (χ1v) is 6.68. The molecule has 1 rings (SSSR count). The molecule has 1 N–H and O–H groups in total. The second-order valence-electron chi connectivity index (χ2n) is 6.70. The van der Waals surface area contributed by atoms with Gasteiger partial charge in [-0.05, 0) is 47.1 Å². The van der Waals surface area contributed by atoms with Crippen molar-refractivity contribution in [2.75, 3.05) is 0 Å². The van der Waals surface area contributed by atoms with Crippen LogP contribution >= 0.6 is 0 Å². The van der Waals surface area contributed by atoms with Crippen molar-refractivity contribution in [3.05, 3.63) is 11.1 Å². The van der Waals surface area contributed by atoms with Crippen LogP contribution in [0, 0.1) is 0 Å². The van der Waals surface area contributed by atoms with Crippen molar-refractivity contribution >= 4 is 17.7 Å². The van der Waals surface area contributed by atoms with E-state index in [1.54, 1.807) is 20.8 Å². The van der Waals surface area contributed by atoms with Gasteiger partial charge in [-0.3, -0.25) is 9.59 Å². The summed E-state index contributed by atoms with van der Waals surface area (Å²) in [6.07, 6.45) is 0.736. The largest absolute Gasteiger partial charge is 0.456 e. The molecule has 1 aliphatic heterocycles. The van der Waals surface area contributed by atoms with Crippen molar-refractivity contribution in [1.82, 2.24) is 5.32 Å². The fraction of sp³-hybridized carbons (Fsp3) is 0.667. The van der Waals surface area contributed by atoms with Gasteiger partial charge < -0.3 is 10.1 Å². The van der Waals surface area contributed by atoms with Crippen molar-refractivity contribution in [2.24, 2.45) is 0 Å². The molecule has 1 amide bonds. The minimum Gasteiger partial charge on any atom is -0.456 e. The standard InChI is InChI=1S/C15H23NO4/c1-9-7-15(5,6)20-13(19)11(9)12(18)16-14(3,4)8-10(2)17/h7-8H2,1-6H3,(H,16,18). The van der Waals surface area contributed by atoms with Crippen LogP contribution in [0.1, 0.15) is 54.4 Å². The molecule has 0 saturated heterocycles. The lowest BCUT2D eigenvalue weighted by Crippen LogP contribution is -2.48. The summed E-state index contributed by atoms with van der Waals surface area (Å²) in [7, 11) is 0. The summed E-state index contributed by atoms with van der Waals surface area (Å²) in [6.45, 7) is 10.3. The smallest absolute Gasteiger partial charge is 0.344 e. The first kappa shape index (κ1) is 16.4. The molecule has 0 unspecified atom stereocenters. The second-order valence-corrected chi connectivity index (χ2v) is 6.70. The molecule has 0 saturated carbocycles. The van der Waals surface area contributed by atoms with E-state index in [2.05, 4.69) is 5.32 Å². The number of Topliss-reactive ketones (excluding diaryl/α,β-unsaturated/α-hetero) is 1. The lowest BCUT2D eigenvalue weighted by molar-refractivity contribution is -0.154. The summed E-state index contributed by atoms with van der Waals surface area (Å²) < 4.78 is 5.25. The van der Waals surface area contributed by atoms with Crippen LogP contribution in [0.2, 0.25) is 0 Å². The number of hydrogen-bond acceptors (Lipinski definition) is 4. The van der Waals surface area contributed by atoms with Gasteiger partial charge in [-0.2, -0.15) is 0 Å². The predicted octanol–water partition coefficient (Wildman–Crippen LogP) is 1.90. The number of ketones is 1. The molecule has 0 bridgehead atoms. The topological polar surface area (TPSA) is 72.5 Å². The predicted molar refractivity (Wildman–Crippen MR) is 75.0 cm³/mol. The molecule has 0 fully saturated rings. The molecule has 1 heterocycles. The molecule has 0 spiro atoms. The molecule has 0 aromatic rings. The Morgan fingerprint density at radius 1 is 1.35 bits per heavy atom. The molecule has 20 heavy (non-hydrogen) atoms. The summed E-state index contributed by atoms with van der Waals surface area (Å²) >= 11 is 0. The fourth-order valence-corrected chi connectivity index (χ4v) is 2.56. The van der Waals surface area contributed by atoms with Crippen LogP contribution in [-0.2, 0) is 19.1 Å². The van der Waals surface area contributed by atoms with E-state index in [9.17, 15) is 14.4 Å². The van der Waals surface area contributed by atoms with Crippen LogP contribution in [-0.4, -0.2) is 28.8 Å². The Balaban J connectivity index is 2.92. The zero-order valence-electron chi connectivity index (χ0n) is 13.0. The second kappa shape index (κ2) is 5.38. The maximum atomic E-state index is 12.2. The fourth-order valence-electron chi connectivity index (χ4n) is 2.56. The molecule has 112 valence electrons. The van der Waals surface area contributed by atoms with Gasteiger partial charge in [0.15, 0.2) is 0 Å². The third-order valence-electron chi connectivity index (χ3n) is 3.06. The molecule has 0 atom stereocenters. The minimum absolute atomic E-state index is 0.0200. The van der Waals surface area contributed by atoms with Crippen LogP contribution in [0.3, 0.4) is 0 Å². The lowest BCUT2D eigenvalue weighted by Gasteiger charge is -2.32. The lowest BCUT2D eigenvalue weighted by atomic mass is 9.91. The van der Waals surface area contributed by atoms with Crippen molar-refractivity contribution in [2.45, 2.75) is 65.5 Å². The van der Waals surface area contributed by atoms with Gasteiger partial charge in [-0.15, -0.1) is 0 Å². The normalized spacial score (nSPS) is 18.6. The van der Waals surface area contributed by atoms with Crippen molar-refractivity contribution in [1.29, 1.82) is 0 Å². The van der Waals surface area contributed by atoms with Gasteiger partial charge in [0.1, 0.15) is 17.0 Å². The maximum absolute atomic E-state index is 12.2. The van der Waals surface area contributed by atoms with Crippen molar-refractivity contribution < 1.29 is 19.1 Å². The average Bonchev–Trinajstić information content (AvgIpc) is 2.08. The Bertz CT molecular complexity index is 486. The molecule has 5 nitrogen and oxygen atoms in total. The van der Waals surface area contributed by atoms with Crippen LogP contribution < -0.4 is 5.32 Å². The van der Waals surface area contributed by atoms with Gasteiger partial charge >= 0.3 is 5.97 Å². The van der Waals surface area contributed by atoms with Crippen LogP contribution in [0.15, 0.2) is 11.1 Å². The molecule has 5 heteroatoms. The van der Waals surface area contributed by atoms with Crippen LogP contribution in [0.4, 0.5) is 0 Å². The summed E-state index contributed by atoms with van der Waals surface area (Å²) in [6, 6.07) is 0. The number of hydrogen-bond donors (Lipinski definition) is 1. The number of cyclic esters (lactones) is 1. The zero-order chi connectivity index (χ0) is 15.7. The average molecular weight is 281 g/mol. The zero-order valence-corrected chi connectivity index (χ0v) is 13.0. The quantitative estimate of drug-likeness (QED) is 0.631. The third kappa shape index (κ3) is 4.18. The number of carbonyl (C=O) groups is 3. The SMILES string of the molecule is CC(=O)CC(C)(C)NC(=O)C1=C(C)CC(C)(C)OC1=O. The molecule has 0 aromatic heterocycles. The van der Waals surface area contributed by atoms with Crippen molar-refractivity contribution in [3.63, 3.8) is 0 Å². The highest BCUT2D eigenvalue weighted by Crippen LogP contribution is 2.29. The number of nitrogens with one attached hydrogen (secondary N) is 1. The monoisotopic (exact) mass is 281 g/mol. The van der Waals surface area contributed by atoms with E-state index in [0.717, 1.165) is 0 Å². The van der Waals surface area contributed by atoms with E-state index in [1.807, 2.05) is 13.8 Å². The van der Waals surface area contributed by atoms with E-state index >= 15 is 0 Å². The summed E-state index contributed by atoms with van der Waals surface area (Å²) in [5.74, 6) is -1.10. The molecule has 0 aliphatic carbocycles. The number of amides is 1. The van der Waals surface area contributed by atoms with Gasteiger partial charge in [-0.25, -0.2) is 4.79 Å². The Morgan fingerprint density at radius 2 is 1.90 bits per heavy atom. The minimum atomic E-state index is -0.691. The van der Waals surface area contributed by atoms with Gasteiger partial charge in [0.2, 0.25) is 0 Å². The highest BCUT2D eigenvalue weighted by atomic mass is 16.6.